The van der Waals surface area contributed by atoms with Crippen molar-refractivity contribution in [2.45, 2.75) is 39.2 Å². The fourth-order valence-corrected chi connectivity index (χ4v) is 2.58. The third-order valence-corrected chi connectivity index (χ3v) is 3.67. The minimum atomic E-state index is 0.473. The summed E-state index contributed by atoms with van der Waals surface area (Å²) in [5, 5.41) is 8.52. The molecule has 94 valence electrons. The Hall–Kier alpha value is -0.670. The Morgan fingerprint density at radius 2 is 2.24 bits per heavy atom. The van der Waals surface area contributed by atoms with Crippen LogP contribution in [0.1, 0.15) is 32.4 Å². The lowest BCUT2D eigenvalue weighted by Gasteiger charge is -2.35. The molecular formula is C13H20ClN3. The first kappa shape index (κ1) is 12.8. The van der Waals surface area contributed by atoms with Crippen LogP contribution in [0.3, 0.4) is 0 Å². The largest absolute Gasteiger partial charge is 0.301 e. The Morgan fingerprint density at radius 1 is 1.41 bits per heavy atom. The van der Waals surface area contributed by atoms with E-state index in [0.29, 0.717) is 17.1 Å². The second kappa shape index (κ2) is 5.78. The molecule has 2 heterocycles. The molecule has 2 rings (SSSR count). The molecule has 0 spiro atoms. The van der Waals surface area contributed by atoms with E-state index in [1.54, 1.807) is 0 Å². The molecule has 0 amide bonds. The molecule has 17 heavy (non-hydrogen) atoms. The van der Waals surface area contributed by atoms with E-state index < -0.39 is 0 Å². The topological polar surface area (TPSA) is 29.0 Å². The zero-order chi connectivity index (χ0) is 12.3. The summed E-state index contributed by atoms with van der Waals surface area (Å²) in [6, 6.07) is 4.46. The van der Waals surface area contributed by atoms with Gasteiger partial charge in [-0.05, 0) is 57.7 Å². The van der Waals surface area contributed by atoms with Crippen LogP contribution in [0.25, 0.3) is 0 Å². The number of aromatic nitrogens is 2. The van der Waals surface area contributed by atoms with E-state index in [2.05, 4.69) is 28.9 Å². The Kier molecular flexibility index (Phi) is 4.35. The molecule has 0 aromatic carbocycles. The number of piperidine rings is 1. The van der Waals surface area contributed by atoms with Crippen molar-refractivity contribution in [2.24, 2.45) is 5.92 Å². The van der Waals surface area contributed by atoms with E-state index in [4.69, 9.17) is 11.6 Å². The van der Waals surface area contributed by atoms with Crippen LogP contribution in [-0.2, 0) is 6.42 Å². The third kappa shape index (κ3) is 3.65. The maximum atomic E-state index is 5.74. The number of likely N-dealkylation sites (tertiary alicyclic amines) is 1. The van der Waals surface area contributed by atoms with Crippen molar-refractivity contribution >= 4 is 11.6 Å². The maximum Gasteiger partial charge on any atom is 0.151 e. The predicted molar refractivity (Wildman–Crippen MR) is 70.2 cm³/mol. The fraction of sp³-hybridized carbons (Fsp3) is 0.692. The second-order valence-corrected chi connectivity index (χ2v) is 5.54. The molecule has 1 aromatic heterocycles. The van der Waals surface area contributed by atoms with Gasteiger partial charge in [0, 0.05) is 12.6 Å². The number of rotatable bonds is 3. The van der Waals surface area contributed by atoms with Crippen LogP contribution in [-0.4, -0.2) is 34.2 Å². The van der Waals surface area contributed by atoms with Crippen LogP contribution >= 0.6 is 11.6 Å². The summed E-state index contributed by atoms with van der Waals surface area (Å²) >= 11 is 5.74. The van der Waals surface area contributed by atoms with Crippen LogP contribution in [0.4, 0.5) is 0 Å². The van der Waals surface area contributed by atoms with Crippen molar-refractivity contribution < 1.29 is 0 Å². The van der Waals surface area contributed by atoms with Gasteiger partial charge in [-0.2, -0.15) is 5.10 Å². The van der Waals surface area contributed by atoms with Gasteiger partial charge >= 0.3 is 0 Å². The van der Waals surface area contributed by atoms with Crippen LogP contribution in [0.5, 0.6) is 0 Å². The number of hydrogen-bond donors (Lipinski definition) is 0. The van der Waals surface area contributed by atoms with Gasteiger partial charge in [0.1, 0.15) is 0 Å². The first-order chi connectivity index (χ1) is 8.15. The molecule has 0 bridgehead atoms. The average Bonchev–Trinajstić information content (AvgIpc) is 2.32. The molecule has 3 nitrogen and oxygen atoms in total. The first-order valence-electron chi connectivity index (χ1n) is 6.37. The van der Waals surface area contributed by atoms with Crippen molar-refractivity contribution in [3.63, 3.8) is 0 Å². The molecule has 0 saturated carbocycles. The van der Waals surface area contributed by atoms with Gasteiger partial charge in [-0.3, -0.25) is 0 Å². The van der Waals surface area contributed by atoms with Gasteiger partial charge in [0.05, 0.1) is 5.69 Å². The van der Waals surface area contributed by atoms with Gasteiger partial charge in [0.25, 0.3) is 0 Å². The normalized spacial score (nSPS) is 22.0. The smallest absolute Gasteiger partial charge is 0.151 e. The lowest BCUT2D eigenvalue weighted by Crippen LogP contribution is -2.40. The van der Waals surface area contributed by atoms with Crippen molar-refractivity contribution in [2.75, 3.05) is 13.1 Å². The first-order valence-corrected chi connectivity index (χ1v) is 6.75. The quantitative estimate of drug-likeness (QED) is 0.830. The minimum Gasteiger partial charge on any atom is -0.301 e. The Bertz CT molecular complexity index is 350. The van der Waals surface area contributed by atoms with Gasteiger partial charge in [0.2, 0.25) is 0 Å². The summed E-state index contributed by atoms with van der Waals surface area (Å²) in [4.78, 5) is 2.55. The van der Waals surface area contributed by atoms with Gasteiger partial charge in [-0.1, -0.05) is 11.6 Å². The zero-order valence-electron chi connectivity index (χ0n) is 10.6. The van der Waals surface area contributed by atoms with Crippen molar-refractivity contribution in [3.05, 3.63) is 23.0 Å². The summed E-state index contributed by atoms with van der Waals surface area (Å²) in [5.41, 5.74) is 1.06. The van der Waals surface area contributed by atoms with Crippen molar-refractivity contribution in [1.82, 2.24) is 15.1 Å². The van der Waals surface area contributed by atoms with E-state index in [0.717, 1.165) is 12.1 Å². The van der Waals surface area contributed by atoms with E-state index in [9.17, 15) is 0 Å². The second-order valence-electron chi connectivity index (χ2n) is 5.15. The average molecular weight is 254 g/mol. The summed E-state index contributed by atoms with van der Waals surface area (Å²) in [7, 11) is 0. The van der Waals surface area contributed by atoms with Gasteiger partial charge < -0.3 is 4.90 Å². The summed E-state index contributed by atoms with van der Waals surface area (Å²) < 4.78 is 0. The predicted octanol–water partition coefficient (Wildman–Crippen LogP) is 2.79. The molecule has 1 atom stereocenters. The molecular weight excluding hydrogens is 234 g/mol. The molecule has 4 heteroatoms. The summed E-state index contributed by atoms with van der Waals surface area (Å²) in [5.74, 6) is 0.710. The zero-order valence-corrected chi connectivity index (χ0v) is 11.3. The Balaban J connectivity index is 1.92. The van der Waals surface area contributed by atoms with Crippen molar-refractivity contribution in [3.8, 4) is 0 Å². The van der Waals surface area contributed by atoms with Gasteiger partial charge in [0.15, 0.2) is 5.15 Å². The van der Waals surface area contributed by atoms with E-state index in [-0.39, 0.29) is 0 Å². The third-order valence-electron chi connectivity index (χ3n) is 3.47. The van der Waals surface area contributed by atoms with Crippen molar-refractivity contribution in [1.29, 1.82) is 0 Å². The van der Waals surface area contributed by atoms with Crippen LogP contribution in [0, 0.1) is 5.92 Å². The van der Waals surface area contributed by atoms with E-state index in [1.165, 1.54) is 25.9 Å². The highest BCUT2D eigenvalue weighted by Crippen LogP contribution is 2.21. The van der Waals surface area contributed by atoms with Crippen LogP contribution in [0.15, 0.2) is 12.1 Å². The molecule has 0 aliphatic carbocycles. The summed E-state index contributed by atoms with van der Waals surface area (Å²) in [6.45, 7) is 6.96. The highest BCUT2D eigenvalue weighted by atomic mass is 35.5. The maximum absolute atomic E-state index is 5.74. The standard InChI is InChI=1S/C13H20ClN3/c1-10(2)17-7-3-4-11(9-17)8-12-5-6-13(14)16-15-12/h5-6,10-11H,3-4,7-9H2,1-2H3/t11-/m0/s1. The Morgan fingerprint density at radius 3 is 2.88 bits per heavy atom. The fourth-order valence-electron chi connectivity index (χ4n) is 2.48. The highest BCUT2D eigenvalue weighted by molar-refractivity contribution is 6.29. The van der Waals surface area contributed by atoms with Crippen LogP contribution in [0.2, 0.25) is 5.15 Å². The summed E-state index contributed by atoms with van der Waals surface area (Å²) in [6.07, 6.45) is 3.62. The molecule has 1 aliphatic rings. The number of halogens is 1. The lowest BCUT2D eigenvalue weighted by molar-refractivity contribution is 0.139. The molecule has 0 N–H and O–H groups in total. The van der Waals surface area contributed by atoms with Gasteiger partial charge in [-0.15, -0.1) is 5.10 Å². The van der Waals surface area contributed by atoms with Crippen LogP contribution < -0.4 is 0 Å². The molecule has 1 saturated heterocycles. The van der Waals surface area contributed by atoms with E-state index in [1.807, 2.05) is 12.1 Å². The highest BCUT2D eigenvalue weighted by Gasteiger charge is 2.22. The molecule has 1 fully saturated rings. The number of hydrogen-bond acceptors (Lipinski definition) is 3. The Labute approximate surface area is 108 Å². The van der Waals surface area contributed by atoms with E-state index >= 15 is 0 Å². The molecule has 1 aliphatic heterocycles. The number of nitrogens with zero attached hydrogens (tertiary/aromatic N) is 3. The molecule has 1 aromatic rings. The SMILES string of the molecule is CC(C)N1CCC[C@@H](Cc2ccc(Cl)nn2)C1. The molecule has 0 radical (unpaired) electrons. The minimum absolute atomic E-state index is 0.473. The monoisotopic (exact) mass is 253 g/mol. The molecule has 0 unspecified atom stereocenters. The lowest BCUT2D eigenvalue weighted by atomic mass is 9.92. The van der Waals surface area contributed by atoms with Gasteiger partial charge in [-0.25, -0.2) is 0 Å².